The van der Waals surface area contributed by atoms with E-state index in [1.807, 2.05) is 6.92 Å². The van der Waals surface area contributed by atoms with Crippen LogP contribution in [0.3, 0.4) is 0 Å². The third-order valence-corrected chi connectivity index (χ3v) is 1.84. The molecular formula is C8H18O. The third kappa shape index (κ3) is 4.46. The molecule has 0 rings (SSSR count). The highest BCUT2D eigenvalue weighted by Crippen LogP contribution is 2.10. The van der Waals surface area contributed by atoms with Gasteiger partial charge in [0, 0.05) is 0 Å². The van der Waals surface area contributed by atoms with E-state index in [0.717, 1.165) is 12.8 Å². The van der Waals surface area contributed by atoms with Gasteiger partial charge in [0.2, 0.25) is 0 Å². The molecule has 0 aromatic heterocycles. The number of hydrogen-bond donors (Lipinski definition) is 1. The summed E-state index contributed by atoms with van der Waals surface area (Å²) in [6.45, 7) is 6.36. The van der Waals surface area contributed by atoms with Gasteiger partial charge in [-0.3, -0.25) is 0 Å². The summed E-state index contributed by atoms with van der Waals surface area (Å²) in [5, 5.41) is 9.16. The molecule has 0 aromatic rings. The summed E-state index contributed by atoms with van der Waals surface area (Å²) in [6, 6.07) is 0. The second-order valence-corrected chi connectivity index (χ2v) is 2.81. The topological polar surface area (TPSA) is 20.2 Å². The molecule has 9 heavy (non-hydrogen) atoms. The van der Waals surface area contributed by atoms with Crippen LogP contribution in [0.5, 0.6) is 0 Å². The smallest absolute Gasteiger partial charge is 0.0540 e. The zero-order valence-corrected chi connectivity index (χ0v) is 6.72. The van der Waals surface area contributed by atoms with Gasteiger partial charge < -0.3 is 5.11 Å². The standard InChI is InChI=1S/C8H18O/c1-4-7(3)6-8(9)5-2/h7-9H,4-6H2,1-3H3/t7-,8-/m0/s1. The Labute approximate surface area is 58.1 Å². The highest BCUT2D eigenvalue weighted by Gasteiger charge is 2.04. The van der Waals surface area contributed by atoms with Crippen molar-refractivity contribution < 1.29 is 5.11 Å². The molecular weight excluding hydrogens is 112 g/mol. The van der Waals surface area contributed by atoms with E-state index in [9.17, 15) is 0 Å². The van der Waals surface area contributed by atoms with E-state index in [2.05, 4.69) is 13.8 Å². The maximum absolute atomic E-state index is 9.16. The SMILES string of the molecule is CC[C@H](C)C[C@@H](O)CC. The maximum Gasteiger partial charge on any atom is 0.0540 e. The van der Waals surface area contributed by atoms with Crippen molar-refractivity contribution in [1.82, 2.24) is 0 Å². The van der Waals surface area contributed by atoms with E-state index in [0.29, 0.717) is 5.92 Å². The molecule has 0 amide bonds. The summed E-state index contributed by atoms with van der Waals surface area (Å²) in [6.07, 6.45) is 2.97. The van der Waals surface area contributed by atoms with Crippen LogP contribution in [0.2, 0.25) is 0 Å². The van der Waals surface area contributed by atoms with Crippen molar-refractivity contribution in [2.45, 2.75) is 46.1 Å². The van der Waals surface area contributed by atoms with Crippen molar-refractivity contribution in [2.75, 3.05) is 0 Å². The van der Waals surface area contributed by atoms with E-state index in [1.54, 1.807) is 0 Å². The fraction of sp³-hybridized carbons (Fsp3) is 1.00. The Morgan fingerprint density at radius 3 is 2.11 bits per heavy atom. The molecule has 0 spiro atoms. The van der Waals surface area contributed by atoms with Crippen LogP contribution in [-0.2, 0) is 0 Å². The van der Waals surface area contributed by atoms with E-state index in [1.165, 1.54) is 6.42 Å². The molecule has 0 aromatic carbocycles. The molecule has 0 aliphatic rings. The van der Waals surface area contributed by atoms with E-state index >= 15 is 0 Å². The van der Waals surface area contributed by atoms with Crippen LogP contribution >= 0.6 is 0 Å². The lowest BCUT2D eigenvalue weighted by molar-refractivity contribution is 0.140. The van der Waals surface area contributed by atoms with Crippen molar-refractivity contribution in [3.63, 3.8) is 0 Å². The second-order valence-electron chi connectivity index (χ2n) is 2.81. The molecule has 0 heterocycles. The second kappa shape index (κ2) is 4.80. The van der Waals surface area contributed by atoms with Gasteiger partial charge in [-0.2, -0.15) is 0 Å². The quantitative estimate of drug-likeness (QED) is 0.618. The summed E-state index contributed by atoms with van der Waals surface area (Å²) in [5.74, 6) is 0.681. The van der Waals surface area contributed by atoms with Crippen LogP contribution in [0.1, 0.15) is 40.0 Å². The predicted molar refractivity (Wildman–Crippen MR) is 40.4 cm³/mol. The molecule has 0 fully saturated rings. The van der Waals surface area contributed by atoms with Crippen LogP contribution in [0.15, 0.2) is 0 Å². The lowest BCUT2D eigenvalue weighted by Crippen LogP contribution is -2.09. The van der Waals surface area contributed by atoms with Crippen molar-refractivity contribution in [3.05, 3.63) is 0 Å². The minimum atomic E-state index is -0.0695. The predicted octanol–water partition coefficient (Wildman–Crippen LogP) is 2.19. The first kappa shape index (κ1) is 8.96. The summed E-state index contributed by atoms with van der Waals surface area (Å²) in [4.78, 5) is 0. The Hall–Kier alpha value is -0.0400. The Morgan fingerprint density at radius 2 is 1.78 bits per heavy atom. The largest absolute Gasteiger partial charge is 0.393 e. The molecule has 56 valence electrons. The van der Waals surface area contributed by atoms with Gasteiger partial charge in [-0.25, -0.2) is 0 Å². The van der Waals surface area contributed by atoms with E-state index < -0.39 is 0 Å². The summed E-state index contributed by atoms with van der Waals surface area (Å²) in [7, 11) is 0. The van der Waals surface area contributed by atoms with Crippen molar-refractivity contribution in [2.24, 2.45) is 5.92 Å². The zero-order valence-electron chi connectivity index (χ0n) is 6.72. The van der Waals surface area contributed by atoms with Gasteiger partial charge in [0.05, 0.1) is 6.10 Å². The molecule has 1 N–H and O–H groups in total. The average molecular weight is 130 g/mol. The summed E-state index contributed by atoms with van der Waals surface area (Å²) < 4.78 is 0. The molecule has 0 saturated carbocycles. The molecule has 0 bridgehead atoms. The number of rotatable bonds is 4. The Morgan fingerprint density at radius 1 is 1.22 bits per heavy atom. The van der Waals surface area contributed by atoms with Gasteiger partial charge in [0.25, 0.3) is 0 Å². The van der Waals surface area contributed by atoms with Crippen LogP contribution in [0.25, 0.3) is 0 Å². The minimum absolute atomic E-state index is 0.0695. The number of aliphatic hydroxyl groups excluding tert-OH is 1. The van der Waals surface area contributed by atoms with Gasteiger partial charge in [-0.15, -0.1) is 0 Å². The van der Waals surface area contributed by atoms with Crippen molar-refractivity contribution in [3.8, 4) is 0 Å². The van der Waals surface area contributed by atoms with E-state index in [-0.39, 0.29) is 6.10 Å². The molecule has 0 unspecified atom stereocenters. The van der Waals surface area contributed by atoms with E-state index in [4.69, 9.17) is 5.11 Å². The van der Waals surface area contributed by atoms with Gasteiger partial charge in [-0.05, 0) is 18.8 Å². The van der Waals surface area contributed by atoms with Gasteiger partial charge in [0.1, 0.15) is 0 Å². The molecule has 2 atom stereocenters. The maximum atomic E-state index is 9.16. The molecule has 0 saturated heterocycles. The Bertz CT molecular complexity index is 53.6. The lowest BCUT2D eigenvalue weighted by Gasteiger charge is -2.11. The van der Waals surface area contributed by atoms with Crippen molar-refractivity contribution in [1.29, 1.82) is 0 Å². The van der Waals surface area contributed by atoms with Crippen molar-refractivity contribution >= 4 is 0 Å². The zero-order chi connectivity index (χ0) is 7.28. The lowest BCUT2D eigenvalue weighted by atomic mass is 10.00. The van der Waals surface area contributed by atoms with Crippen LogP contribution in [0.4, 0.5) is 0 Å². The van der Waals surface area contributed by atoms with Gasteiger partial charge in [0.15, 0.2) is 0 Å². The van der Waals surface area contributed by atoms with Crippen LogP contribution in [0, 0.1) is 5.92 Å². The molecule has 1 nitrogen and oxygen atoms in total. The normalized spacial score (nSPS) is 17.3. The first-order valence-electron chi connectivity index (χ1n) is 3.88. The fourth-order valence-electron chi connectivity index (χ4n) is 0.798. The first-order valence-corrected chi connectivity index (χ1v) is 3.88. The summed E-state index contributed by atoms with van der Waals surface area (Å²) in [5.41, 5.74) is 0. The molecule has 0 aliphatic carbocycles. The molecule has 1 heteroatoms. The first-order chi connectivity index (χ1) is 4.20. The fourth-order valence-corrected chi connectivity index (χ4v) is 0.798. The van der Waals surface area contributed by atoms with Crippen LogP contribution in [-0.4, -0.2) is 11.2 Å². The number of hydrogen-bond acceptors (Lipinski definition) is 1. The van der Waals surface area contributed by atoms with Gasteiger partial charge in [-0.1, -0.05) is 27.2 Å². The number of aliphatic hydroxyl groups is 1. The van der Waals surface area contributed by atoms with Crippen LogP contribution < -0.4 is 0 Å². The van der Waals surface area contributed by atoms with Gasteiger partial charge >= 0.3 is 0 Å². The summed E-state index contributed by atoms with van der Waals surface area (Å²) >= 11 is 0. The molecule has 0 aliphatic heterocycles. The monoisotopic (exact) mass is 130 g/mol. The average Bonchev–Trinajstić information content (AvgIpc) is 1.87. The highest BCUT2D eigenvalue weighted by atomic mass is 16.3. The minimum Gasteiger partial charge on any atom is -0.393 e. The third-order valence-electron chi connectivity index (χ3n) is 1.84. The Kier molecular flexibility index (Phi) is 4.78. The Balaban J connectivity index is 3.22. The molecule has 0 radical (unpaired) electrons. The highest BCUT2D eigenvalue weighted by molar-refractivity contribution is 4.57.